The number of nitrogens with zero attached hydrogens (tertiary/aromatic N) is 1. The molecule has 1 aromatic carbocycles. The minimum atomic E-state index is -3.95. The van der Waals surface area contributed by atoms with Crippen LogP contribution in [0.5, 0.6) is 0 Å². The van der Waals surface area contributed by atoms with Crippen molar-refractivity contribution in [2.24, 2.45) is 5.73 Å². The van der Waals surface area contributed by atoms with Crippen LogP contribution in [-0.2, 0) is 10.0 Å². The molecule has 11 heteroatoms. The zero-order chi connectivity index (χ0) is 18.0. The van der Waals surface area contributed by atoms with Crippen LogP contribution in [0.2, 0.25) is 0 Å². The largest absolute Gasteiger partial charge is 0.325 e. The van der Waals surface area contributed by atoms with E-state index in [0.29, 0.717) is 0 Å². The highest BCUT2D eigenvalue weighted by Crippen LogP contribution is 2.22. The molecule has 0 bridgehead atoms. The number of amides is 2. The van der Waals surface area contributed by atoms with Crippen molar-refractivity contribution in [1.82, 2.24) is 9.62 Å². The number of nitrogens with one attached hydrogen (secondary N) is 1. The number of nitrogens with two attached hydrogens (primary N) is 1. The van der Waals surface area contributed by atoms with E-state index in [-0.39, 0.29) is 36.5 Å². The molecule has 0 fully saturated rings. The van der Waals surface area contributed by atoms with E-state index in [2.05, 4.69) is 0 Å². The van der Waals surface area contributed by atoms with E-state index in [1.54, 1.807) is 16.9 Å². The summed E-state index contributed by atoms with van der Waals surface area (Å²) in [6, 6.07) is 6.28. The Labute approximate surface area is 150 Å². The van der Waals surface area contributed by atoms with Crippen molar-refractivity contribution < 1.29 is 26.8 Å². The number of sulfonamides is 1. The van der Waals surface area contributed by atoms with Crippen LogP contribution in [0.25, 0.3) is 0 Å². The first-order valence-electron chi connectivity index (χ1n) is 7.17. The molecule has 3 N–H and O–H groups in total. The summed E-state index contributed by atoms with van der Waals surface area (Å²) in [5.41, 5.74) is 5.36. The lowest BCUT2D eigenvalue weighted by molar-refractivity contribution is 0.0170. The van der Waals surface area contributed by atoms with Gasteiger partial charge in [0.05, 0.1) is 30.0 Å². The lowest BCUT2D eigenvalue weighted by Gasteiger charge is -2.16. The maximum Gasteiger partial charge on any atom is 0.273 e. The minimum absolute atomic E-state index is 0. The fourth-order valence-corrected chi connectivity index (χ4v) is 3.30. The second kappa shape index (κ2) is 8.17. The molecule has 0 radical (unpaired) electrons. The first-order valence-corrected chi connectivity index (χ1v) is 8.82. The number of fused-ring (bicyclic) bond motifs is 1. The lowest BCUT2D eigenvalue weighted by Crippen LogP contribution is -2.42. The summed E-state index contributed by atoms with van der Waals surface area (Å²) in [7, 11) is -3.95. The predicted octanol–water partition coefficient (Wildman–Crippen LogP) is 0.608. The Kier molecular flexibility index (Phi) is 7.00. The average Bonchev–Trinajstić information content (AvgIpc) is 2.79. The van der Waals surface area contributed by atoms with Gasteiger partial charge in [-0.1, -0.05) is 12.1 Å². The van der Waals surface area contributed by atoms with E-state index >= 15 is 0 Å². The highest BCUT2D eigenvalue weighted by Gasteiger charge is 2.35. The third-order valence-electron chi connectivity index (χ3n) is 3.52. The Bertz CT molecular complexity index is 723. The lowest BCUT2D eigenvalue weighted by atomic mass is 10.1. The maximum atomic E-state index is 13.0. The number of rotatable bonds is 8. The number of imide groups is 1. The molecule has 1 aliphatic rings. The quantitative estimate of drug-likeness (QED) is 0.624. The second-order valence-corrected chi connectivity index (χ2v) is 7.29. The van der Waals surface area contributed by atoms with Gasteiger partial charge in [0.15, 0.2) is 0 Å². The molecule has 2 amide bonds. The summed E-state index contributed by atoms with van der Waals surface area (Å²) in [4.78, 5) is 25.1. The van der Waals surface area contributed by atoms with E-state index in [0.717, 1.165) is 4.90 Å². The van der Waals surface area contributed by atoms with Gasteiger partial charge < -0.3 is 5.73 Å². The smallest absolute Gasteiger partial charge is 0.273 e. The molecule has 140 valence electrons. The van der Waals surface area contributed by atoms with E-state index in [4.69, 9.17) is 5.73 Å². The van der Waals surface area contributed by atoms with Crippen LogP contribution in [0.1, 0.15) is 27.1 Å². The molecular weight excluding hydrogens is 380 g/mol. The highest BCUT2D eigenvalue weighted by atomic mass is 35.5. The Morgan fingerprint density at radius 2 is 1.64 bits per heavy atom. The van der Waals surface area contributed by atoms with Crippen LogP contribution in [0.3, 0.4) is 0 Å². The molecule has 1 heterocycles. The van der Waals surface area contributed by atoms with Gasteiger partial charge in [-0.05, 0) is 18.6 Å². The van der Waals surface area contributed by atoms with Crippen LogP contribution in [0, 0.1) is 0 Å². The molecule has 1 aliphatic heterocycles. The van der Waals surface area contributed by atoms with Gasteiger partial charge >= 0.3 is 0 Å². The third-order valence-corrected chi connectivity index (χ3v) is 4.93. The normalized spacial score (nSPS) is 14.4. The SMILES string of the molecule is Cl.NCC(F)(F)CNS(=O)(=O)CCCN1C(=O)c2ccccc2C1=O. The van der Waals surface area contributed by atoms with E-state index < -0.39 is 46.6 Å². The average molecular weight is 398 g/mol. The minimum Gasteiger partial charge on any atom is -0.325 e. The third kappa shape index (κ3) is 5.18. The van der Waals surface area contributed by atoms with Crippen molar-refractivity contribution in [3.8, 4) is 0 Å². The zero-order valence-corrected chi connectivity index (χ0v) is 14.7. The van der Waals surface area contributed by atoms with Crippen molar-refractivity contribution in [3.63, 3.8) is 0 Å². The summed E-state index contributed by atoms with van der Waals surface area (Å²) in [5, 5.41) is 0. The number of carbonyl (C=O) groups excluding carboxylic acids is 2. The first kappa shape index (κ1) is 21.4. The van der Waals surface area contributed by atoms with Crippen molar-refractivity contribution in [2.75, 3.05) is 25.4 Å². The number of carbonyl (C=O) groups is 2. The molecule has 0 aromatic heterocycles. The fraction of sp³-hybridized carbons (Fsp3) is 0.429. The van der Waals surface area contributed by atoms with Gasteiger partial charge in [-0.15, -0.1) is 12.4 Å². The molecule has 0 saturated heterocycles. The molecule has 0 spiro atoms. The summed E-state index contributed by atoms with van der Waals surface area (Å²) in [5.74, 6) is -4.79. The fourth-order valence-electron chi connectivity index (χ4n) is 2.21. The Hall–Kier alpha value is -1.62. The van der Waals surface area contributed by atoms with E-state index in [9.17, 15) is 26.8 Å². The topological polar surface area (TPSA) is 110 Å². The van der Waals surface area contributed by atoms with Crippen molar-refractivity contribution in [3.05, 3.63) is 35.4 Å². The summed E-state index contributed by atoms with van der Waals surface area (Å²) >= 11 is 0. The van der Waals surface area contributed by atoms with Gasteiger partial charge in [0.2, 0.25) is 10.0 Å². The second-order valence-electron chi connectivity index (χ2n) is 5.36. The van der Waals surface area contributed by atoms with Crippen LogP contribution in [0.15, 0.2) is 24.3 Å². The first-order chi connectivity index (χ1) is 11.2. The van der Waals surface area contributed by atoms with Crippen LogP contribution >= 0.6 is 12.4 Å². The van der Waals surface area contributed by atoms with Crippen LogP contribution < -0.4 is 10.5 Å². The molecule has 7 nitrogen and oxygen atoms in total. The van der Waals surface area contributed by atoms with Gasteiger partial charge in [-0.25, -0.2) is 21.9 Å². The van der Waals surface area contributed by atoms with Crippen molar-refractivity contribution >= 4 is 34.2 Å². The monoisotopic (exact) mass is 397 g/mol. The maximum absolute atomic E-state index is 13.0. The summed E-state index contributed by atoms with van der Waals surface area (Å²) in [6.07, 6.45) is -0.0605. The number of hydrogen-bond donors (Lipinski definition) is 2. The summed E-state index contributed by atoms with van der Waals surface area (Å²) in [6.45, 7) is -2.16. The van der Waals surface area contributed by atoms with Gasteiger partial charge in [0, 0.05) is 6.54 Å². The summed E-state index contributed by atoms with van der Waals surface area (Å²) < 4.78 is 51.0. The zero-order valence-electron chi connectivity index (χ0n) is 13.1. The Balaban J connectivity index is 0.00000312. The van der Waals surface area contributed by atoms with Crippen LogP contribution in [-0.4, -0.2) is 56.4 Å². The molecular formula is C14H18ClF2N3O4S. The number of benzene rings is 1. The highest BCUT2D eigenvalue weighted by molar-refractivity contribution is 7.89. The van der Waals surface area contributed by atoms with Gasteiger partial charge in [0.25, 0.3) is 17.7 Å². The molecule has 0 unspecified atom stereocenters. The Morgan fingerprint density at radius 3 is 2.12 bits per heavy atom. The molecule has 0 aliphatic carbocycles. The molecule has 0 atom stereocenters. The Morgan fingerprint density at radius 1 is 1.12 bits per heavy atom. The van der Waals surface area contributed by atoms with Crippen molar-refractivity contribution in [2.45, 2.75) is 12.3 Å². The van der Waals surface area contributed by atoms with Gasteiger partial charge in [-0.2, -0.15) is 0 Å². The van der Waals surface area contributed by atoms with Gasteiger partial charge in [0.1, 0.15) is 0 Å². The van der Waals surface area contributed by atoms with E-state index in [1.807, 2.05) is 0 Å². The number of alkyl halides is 2. The molecule has 2 rings (SSSR count). The van der Waals surface area contributed by atoms with Crippen molar-refractivity contribution in [1.29, 1.82) is 0 Å². The predicted molar refractivity (Wildman–Crippen MR) is 89.5 cm³/mol. The molecule has 1 aromatic rings. The molecule has 0 saturated carbocycles. The number of hydrogen-bond acceptors (Lipinski definition) is 5. The van der Waals surface area contributed by atoms with E-state index in [1.165, 1.54) is 12.1 Å². The van der Waals surface area contributed by atoms with Gasteiger partial charge in [-0.3, -0.25) is 14.5 Å². The number of halogens is 3. The van der Waals surface area contributed by atoms with Crippen LogP contribution in [0.4, 0.5) is 8.78 Å². The standard InChI is InChI=1S/C14H17F2N3O4S.ClH/c15-14(16,8-17)9-18-24(22,23)7-3-6-19-12(20)10-4-1-2-5-11(10)13(19)21;/h1-2,4-5,18H,3,6-9,17H2;1H. The molecule has 25 heavy (non-hydrogen) atoms.